The highest BCUT2D eigenvalue weighted by Gasteiger charge is 1.98. The van der Waals surface area contributed by atoms with E-state index in [1.165, 1.54) is 17.9 Å². The standard InChI is InChI=1S/C6H7N5S/c1-11-3-5(2-8-11)10-6-7-4-9-12-6/h2-4H,1H3,(H,7,9,10). The molecule has 5 nitrogen and oxygen atoms in total. The van der Waals surface area contributed by atoms with Gasteiger partial charge in [0, 0.05) is 24.8 Å². The minimum absolute atomic E-state index is 0.781. The van der Waals surface area contributed by atoms with Crippen molar-refractivity contribution >= 4 is 22.4 Å². The maximum Gasteiger partial charge on any atom is 0.206 e. The van der Waals surface area contributed by atoms with Gasteiger partial charge in [-0.25, -0.2) is 4.98 Å². The largest absolute Gasteiger partial charge is 0.328 e. The summed E-state index contributed by atoms with van der Waals surface area (Å²) in [7, 11) is 1.87. The Hall–Kier alpha value is -1.43. The maximum absolute atomic E-state index is 4.01. The molecule has 62 valence electrons. The zero-order chi connectivity index (χ0) is 8.39. The molecule has 2 rings (SSSR count). The van der Waals surface area contributed by atoms with E-state index in [1.54, 1.807) is 10.9 Å². The fourth-order valence-electron chi connectivity index (χ4n) is 0.837. The van der Waals surface area contributed by atoms with Gasteiger partial charge < -0.3 is 5.32 Å². The van der Waals surface area contributed by atoms with Crippen LogP contribution in [0.3, 0.4) is 0 Å². The first-order valence-electron chi connectivity index (χ1n) is 3.37. The number of hydrogen-bond donors (Lipinski definition) is 1. The molecular formula is C6H7N5S. The van der Waals surface area contributed by atoms with Crippen LogP contribution in [0.25, 0.3) is 0 Å². The smallest absolute Gasteiger partial charge is 0.206 e. The average molecular weight is 181 g/mol. The summed E-state index contributed by atoms with van der Waals surface area (Å²) in [5.74, 6) is 0. The van der Waals surface area contributed by atoms with E-state index in [4.69, 9.17) is 0 Å². The third-order valence-corrected chi connectivity index (χ3v) is 1.90. The number of aryl methyl sites for hydroxylation is 1. The number of anilines is 2. The summed E-state index contributed by atoms with van der Waals surface area (Å²) in [5, 5.41) is 7.85. The summed E-state index contributed by atoms with van der Waals surface area (Å²) in [4.78, 5) is 3.98. The van der Waals surface area contributed by atoms with Crippen LogP contribution in [0.2, 0.25) is 0 Å². The molecule has 2 heterocycles. The van der Waals surface area contributed by atoms with E-state index in [0.29, 0.717) is 0 Å². The molecular weight excluding hydrogens is 174 g/mol. The number of aromatic nitrogens is 4. The van der Waals surface area contributed by atoms with E-state index in [2.05, 4.69) is 19.8 Å². The molecule has 2 aromatic heterocycles. The van der Waals surface area contributed by atoms with Gasteiger partial charge in [0.25, 0.3) is 0 Å². The summed E-state index contributed by atoms with van der Waals surface area (Å²) < 4.78 is 5.59. The highest BCUT2D eigenvalue weighted by molar-refractivity contribution is 7.09. The van der Waals surface area contributed by atoms with Crippen LogP contribution in [-0.2, 0) is 7.05 Å². The van der Waals surface area contributed by atoms with Crippen LogP contribution in [0, 0.1) is 0 Å². The van der Waals surface area contributed by atoms with E-state index in [1.807, 2.05) is 13.2 Å². The number of nitrogens with one attached hydrogen (secondary N) is 1. The lowest BCUT2D eigenvalue weighted by Gasteiger charge is -1.93. The SMILES string of the molecule is Cn1cc(Nc2ncns2)cn1. The summed E-state index contributed by atoms with van der Waals surface area (Å²) in [6.07, 6.45) is 5.13. The summed E-state index contributed by atoms with van der Waals surface area (Å²) in [5.41, 5.74) is 0.925. The third-order valence-electron chi connectivity index (χ3n) is 1.32. The molecule has 0 atom stereocenters. The molecule has 0 aliphatic carbocycles. The van der Waals surface area contributed by atoms with E-state index < -0.39 is 0 Å². The van der Waals surface area contributed by atoms with Crippen LogP contribution in [-0.4, -0.2) is 19.1 Å². The van der Waals surface area contributed by atoms with Crippen LogP contribution in [0.4, 0.5) is 10.8 Å². The van der Waals surface area contributed by atoms with Gasteiger partial charge in [-0.05, 0) is 0 Å². The van der Waals surface area contributed by atoms with Crippen molar-refractivity contribution in [2.45, 2.75) is 0 Å². The van der Waals surface area contributed by atoms with Gasteiger partial charge in [-0.1, -0.05) is 0 Å². The van der Waals surface area contributed by atoms with Gasteiger partial charge in [0.05, 0.1) is 11.9 Å². The van der Waals surface area contributed by atoms with Gasteiger partial charge in [0.1, 0.15) is 6.33 Å². The molecule has 0 bridgehead atoms. The van der Waals surface area contributed by atoms with Crippen molar-refractivity contribution in [1.82, 2.24) is 19.1 Å². The zero-order valence-corrected chi connectivity index (χ0v) is 7.25. The highest BCUT2D eigenvalue weighted by atomic mass is 32.1. The summed E-state index contributed by atoms with van der Waals surface area (Å²) >= 11 is 1.32. The van der Waals surface area contributed by atoms with Crippen molar-refractivity contribution in [3.05, 3.63) is 18.7 Å². The summed E-state index contributed by atoms with van der Waals surface area (Å²) in [6, 6.07) is 0. The van der Waals surface area contributed by atoms with E-state index in [-0.39, 0.29) is 0 Å². The first-order chi connectivity index (χ1) is 5.84. The first-order valence-corrected chi connectivity index (χ1v) is 4.14. The number of nitrogens with zero attached hydrogens (tertiary/aromatic N) is 4. The van der Waals surface area contributed by atoms with Crippen molar-refractivity contribution < 1.29 is 0 Å². The Bertz CT molecular complexity index is 352. The van der Waals surface area contributed by atoms with E-state index in [9.17, 15) is 0 Å². The molecule has 0 radical (unpaired) electrons. The van der Waals surface area contributed by atoms with Crippen molar-refractivity contribution in [2.75, 3.05) is 5.32 Å². The fraction of sp³-hybridized carbons (Fsp3) is 0.167. The molecule has 6 heteroatoms. The fourth-order valence-corrected chi connectivity index (χ4v) is 1.29. The Labute approximate surface area is 73.2 Å². The second kappa shape index (κ2) is 2.90. The second-order valence-electron chi connectivity index (χ2n) is 2.27. The molecule has 0 spiro atoms. The van der Waals surface area contributed by atoms with Crippen molar-refractivity contribution in [3.63, 3.8) is 0 Å². The lowest BCUT2D eigenvalue weighted by molar-refractivity contribution is 0.768. The third kappa shape index (κ3) is 1.42. The quantitative estimate of drug-likeness (QED) is 0.751. The van der Waals surface area contributed by atoms with Gasteiger partial charge >= 0.3 is 0 Å². The maximum atomic E-state index is 4.01. The number of hydrogen-bond acceptors (Lipinski definition) is 5. The second-order valence-corrected chi connectivity index (χ2v) is 3.05. The monoisotopic (exact) mass is 181 g/mol. The van der Waals surface area contributed by atoms with Crippen LogP contribution in [0.5, 0.6) is 0 Å². The average Bonchev–Trinajstić information content (AvgIpc) is 2.63. The Morgan fingerprint density at radius 2 is 2.50 bits per heavy atom. The molecule has 0 aromatic carbocycles. The molecule has 2 aromatic rings. The topological polar surface area (TPSA) is 55.6 Å². The Balaban J connectivity index is 2.14. The molecule has 0 fully saturated rings. The normalized spacial score (nSPS) is 10.1. The molecule has 0 unspecified atom stereocenters. The van der Waals surface area contributed by atoms with Crippen molar-refractivity contribution in [2.24, 2.45) is 7.05 Å². The highest BCUT2D eigenvalue weighted by Crippen LogP contribution is 2.14. The molecule has 0 saturated heterocycles. The number of rotatable bonds is 2. The molecule has 0 aliphatic heterocycles. The van der Waals surface area contributed by atoms with Crippen molar-refractivity contribution in [1.29, 1.82) is 0 Å². The van der Waals surface area contributed by atoms with Gasteiger partial charge in [0.15, 0.2) is 0 Å². The Morgan fingerprint density at radius 3 is 3.08 bits per heavy atom. The lowest BCUT2D eigenvalue weighted by atomic mass is 10.6. The predicted octanol–water partition coefficient (Wildman–Crippen LogP) is 1.02. The zero-order valence-electron chi connectivity index (χ0n) is 6.43. The van der Waals surface area contributed by atoms with Gasteiger partial charge in [0.2, 0.25) is 5.13 Å². The Morgan fingerprint density at radius 1 is 1.58 bits per heavy atom. The first kappa shape index (κ1) is 7.23. The minimum Gasteiger partial charge on any atom is -0.328 e. The molecule has 0 aliphatic rings. The summed E-state index contributed by atoms with van der Waals surface area (Å²) in [6.45, 7) is 0. The van der Waals surface area contributed by atoms with Gasteiger partial charge in [-0.3, -0.25) is 4.68 Å². The molecule has 0 saturated carbocycles. The minimum atomic E-state index is 0.781. The lowest BCUT2D eigenvalue weighted by Crippen LogP contribution is -1.87. The van der Waals surface area contributed by atoms with Gasteiger partial charge in [-0.2, -0.15) is 9.47 Å². The molecule has 1 N–H and O–H groups in total. The van der Waals surface area contributed by atoms with Crippen molar-refractivity contribution in [3.8, 4) is 0 Å². The van der Waals surface area contributed by atoms with E-state index >= 15 is 0 Å². The Kier molecular flexibility index (Phi) is 1.75. The van der Waals surface area contributed by atoms with Crippen LogP contribution in [0.15, 0.2) is 18.7 Å². The van der Waals surface area contributed by atoms with Crippen LogP contribution >= 0.6 is 11.5 Å². The van der Waals surface area contributed by atoms with E-state index in [0.717, 1.165) is 10.8 Å². The van der Waals surface area contributed by atoms with Crippen LogP contribution < -0.4 is 5.32 Å². The predicted molar refractivity (Wildman–Crippen MR) is 46.4 cm³/mol. The van der Waals surface area contributed by atoms with Crippen LogP contribution in [0.1, 0.15) is 0 Å². The molecule has 0 amide bonds. The van der Waals surface area contributed by atoms with Gasteiger partial charge in [-0.15, -0.1) is 0 Å². The molecule has 12 heavy (non-hydrogen) atoms.